The van der Waals surface area contributed by atoms with Crippen molar-refractivity contribution in [2.24, 2.45) is 11.8 Å². The molecule has 0 aliphatic carbocycles. The van der Waals surface area contributed by atoms with Crippen LogP contribution < -0.4 is 9.80 Å². The zero-order valence-electron chi connectivity index (χ0n) is 22.1. The topological polar surface area (TPSA) is 90.4 Å². The number of nitrogens with zero attached hydrogens (tertiary/aromatic N) is 3. The number of halogens is 1. The van der Waals surface area contributed by atoms with Crippen LogP contribution in [0, 0.1) is 11.8 Å². The van der Waals surface area contributed by atoms with Crippen molar-refractivity contribution in [3.63, 3.8) is 0 Å². The molecule has 2 aromatic rings. The first kappa shape index (κ1) is 26.7. The molecule has 1 unspecified atom stereocenters. The van der Waals surface area contributed by atoms with Gasteiger partial charge in [0.25, 0.3) is 5.91 Å². The molecule has 1 N–H and O–H groups in total. The Hall–Kier alpha value is -3.46. The van der Waals surface area contributed by atoms with Crippen LogP contribution in [0.2, 0.25) is 5.02 Å². The van der Waals surface area contributed by atoms with E-state index in [2.05, 4.69) is 0 Å². The lowest BCUT2D eigenvalue weighted by Crippen LogP contribution is -2.55. The Morgan fingerprint density at radius 1 is 0.875 bits per heavy atom. The second kappa shape index (κ2) is 10.8. The summed E-state index contributed by atoms with van der Waals surface area (Å²) in [6.07, 6.45) is 8.75. The monoisotopic (exact) mass is 561 g/mol. The van der Waals surface area contributed by atoms with Gasteiger partial charge in [-0.05, 0) is 43.5 Å². The predicted octanol–water partition coefficient (Wildman–Crippen LogP) is 3.59. The molecule has 0 bridgehead atoms. The zero-order chi connectivity index (χ0) is 27.9. The van der Waals surface area contributed by atoms with E-state index in [0.29, 0.717) is 43.1 Å². The molecule has 1 spiro atoms. The minimum Gasteiger partial charge on any atom is -0.396 e. The first-order valence-electron chi connectivity index (χ1n) is 13.8. The van der Waals surface area contributed by atoms with Crippen molar-refractivity contribution in [2.75, 3.05) is 36.0 Å². The van der Waals surface area contributed by atoms with E-state index in [1.165, 1.54) is 0 Å². The maximum Gasteiger partial charge on any atom is 0.253 e. The van der Waals surface area contributed by atoms with Crippen LogP contribution in [0.15, 0.2) is 78.9 Å². The molecule has 40 heavy (non-hydrogen) atoms. The Balaban J connectivity index is 1.42. The molecule has 0 radical (unpaired) electrons. The Morgan fingerprint density at radius 2 is 1.62 bits per heavy atom. The molecule has 2 aromatic carbocycles. The Kier molecular flexibility index (Phi) is 7.25. The van der Waals surface area contributed by atoms with Crippen molar-refractivity contribution < 1.29 is 24.2 Å². The summed E-state index contributed by atoms with van der Waals surface area (Å²) in [5.41, 5.74) is 0.0142. The van der Waals surface area contributed by atoms with Crippen molar-refractivity contribution >= 4 is 40.7 Å². The van der Waals surface area contributed by atoms with Crippen molar-refractivity contribution in [1.82, 2.24) is 4.90 Å². The number of hydrogen-bond donors (Lipinski definition) is 1. The summed E-state index contributed by atoms with van der Waals surface area (Å²) in [7, 11) is 0. The molecule has 2 fully saturated rings. The predicted molar refractivity (Wildman–Crippen MR) is 152 cm³/mol. The molecule has 3 amide bonds. The lowest BCUT2D eigenvalue weighted by atomic mass is 9.77. The average Bonchev–Trinajstić information content (AvgIpc) is 3.27. The van der Waals surface area contributed by atoms with Crippen molar-refractivity contribution in [3.05, 3.63) is 83.9 Å². The molecule has 2 saturated heterocycles. The maximum atomic E-state index is 14.4. The van der Waals surface area contributed by atoms with Crippen LogP contribution >= 0.6 is 11.6 Å². The van der Waals surface area contributed by atoms with Gasteiger partial charge in [-0.25, -0.2) is 0 Å². The fourth-order valence-corrected chi connectivity index (χ4v) is 6.91. The molecule has 4 heterocycles. The third-order valence-corrected chi connectivity index (χ3v) is 8.75. The van der Waals surface area contributed by atoms with Crippen LogP contribution in [0.3, 0.4) is 0 Å². The lowest BCUT2D eigenvalue weighted by Gasteiger charge is -2.35. The summed E-state index contributed by atoms with van der Waals surface area (Å²) >= 11 is 6.51. The SMILES string of the molecule is O=C1[C@@H]2[C@H](C=CCN1c1ccccc1)O[C@]13C=CCN(c4ccccc4Cl)C(=O)C1N(CCCCCO)C(=O)[C@H]23. The number of rotatable bonds is 7. The minimum atomic E-state index is -1.30. The summed E-state index contributed by atoms with van der Waals surface area (Å²) in [6.45, 7) is 1.02. The van der Waals surface area contributed by atoms with Crippen LogP contribution in [-0.2, 0) is 19.1 Å². The molecule has 6 rings (SSSR count). The van der Waals surface area contributed by atoms with Gasteiger partial charge in [-0.15, -0.1) is 0 Å². The van der Waals surface area contributed by atoms with E-state index in [1.54, 1.807) is 32.9 Å². The van der Waals surface area contributed by atoms with E-state index in [0.717, 1.165) is 5.69 Å². The smallest absolute Gasteiger partial charge is 0.253 e. The van der Waals surface area contributed by atoms with Crippen molar-refractivity contribution in [1.29, 1.82) is 0 Å². The van der Waals surface area contributed by atoms with Crippen LogP contribution in [0.4, 0.5) is 11.4 Å². The number of hydrogen-bond acceptors (Lipinski definition) is 5. The maximum absolute atomic E-state index is 14.4. The van der Waals surface area contributed by atoms with Gasteiger partial charge in [0, 0.05) is 31.9 Å². The molecule has 4 aliphatic heterocycles. The number of carbonyl (C=O) groups excluding carboxylic acids is 3. The summed E-state index contributed by atoms with van der Waals surface area (Å²) in [5.74, 6) is -2.36. The number of benzene rings is 2. The first-order valence-corrected chi connectivity index (χ1v) is 14.2. The number of likely N-dealkylation sites (tertiary alicyclic amines) is 1. The number of ether oxygens (including phenoxy) is 1. The largest absolute Gasteiger partial charge is 0.396 e. The van der Waals surface area contributed by atoms with E-state index in [4.69, 9.17) is 16.3 Å². The molecule has 5 atom stereocenters. The Labute approximate surface area is 238 Å². The molecule has 0 saturated carbocycles. The zero-order valence-corrected chi connectivity index (χ0v) is 22.8. The number of amides is 3. The number of unbranched alkanes of at least 4 members (excludes halogenated alkanes) is 2. The van der Waals surface area contributed by atoms with Gasteiger partial charge in [0.15, 0.2) is 0 Å². The molecule has 208 valence electrons. The second-order valence-corrected chi connectivity index (χ2v) is 11.1. The van der Waals surface area contributed by atoms with Gasteiger partial charge in [0.05, 0.1) is 28.6 Å². The molecule has 8 nitrogen and oxygen atoms in total. The van der Waals surface area contributed by atoms with Crippen LogP contribution in [0.25, 0.3) is 0 Å². The number of carbonyl (C=O) groups is 3. The van der Waals surface area contributed by atoms with Gasteiger partial charge in [-0.3, -0.25) is 14.4 Å². The van der Waals surface area contributed by atoms with Gasteiger partial charge < -0.3 is 24.5 Å². The number of fused-ring (bicyclic) bond motifs is 2. The minimum absolute atomic E-state index is 0.0644. The van der Waals surface area contributed by atoms with E-state index < -0.39 is 29.6 Å². The van der Waals surface area contributed by atoms with Crippen molar-refractivity contribution in [2.45, 2.75) is 37.0 Å². The van der Waals surface area contributed by atoms with Gasteiger partial charge in [0.2, 0.25) is 11.8 Å². The van der Waals surface area contributed by atoms with Crippen LogP contribution in [0.1, 0.15) is 19.3 Å². The quantitative estimate of drug-likeness (QED) is 0.412. The molecule has 0 aromatic heterocycles. The summed E-state index contributed by atoms with van der Waals surface area (Å²) in [6, 6.07) is 15.6. The van der Waals surface area contributed by atoms with Gasteiger partial charge in [-0.1, -0.05) is 66.2 Å². The van der Waals surface area contributed by atoms with E-state index >= 15 is 0 Å². The fourth-order valence-electron chi connectivity index (χ4n) is 6.67. The first-order chi connectivity index (χ1) is 19.5. The second-order valence-electron chi connectivity index (χ2n) is 10.7. The summed E-state index contributed by atoms with van der Waals surface area (Å²) in [4.78, 5) is 47.8. The average molecular weight is 562 g/mol. The fraction of sp³-hybridized carbons (Fsp3) is 0.387. The molecular formula is C31H32ClN3O5. The highest BCUT2D eigenvalue weighted by atomic mass is 35.5. The number of anilines is 2. The van der Waals surface area contributed by atoms with Gasteiger partial charge >= 0.3 is 0 Å². The normalized spacial score (nSPS) is 29.4. The lowest BCUT2D eigenvalue weighted by molar-refractivity contribution is -0.140. The van der Waals surface area contributed by atoms with Crippen LogP contribution in [0.5, 0.6) is 0 Å². The Morgan fingerprint density at radius 3 is 2.40 bits per heavy atom. The molecule has 4 aliphatic rings. The highest BCUT2D eigenvalue weighted by Crippen LogP contribution is 2.54. The van der Waals surface area contributed by atoms with E-state index in [1.807, 2.05) is 60.7 Å². The Bertz CT molecular complexity index is 1360. The molecule has 9 heteroatoms. The van der Waals surface area contributed by atoms with E-state index in [9.17, 15) is 19.5 Å². The van der Waals surface area contributed by atoms with Gasteiger partial charge in [-0.2, -0.15) is 0 Å². The van der Waals surface area contributed by atoms with Gasteiger partial charge in [0.1, 0.15) is 11.6 Å². The van der Waals surface area contributed by atoms with E-state index in [-0.39, 0.29) is 30.9 Å². The third-order valence-electron chi connectivity index (χ3n) is 8.43. The number of para-hydroxylation sites is 2. The number of aliphatic hydroxyl groups excluding tert-OH is 1. The molecular weight excluding hydrogens is 530 g/mol. The number of aliphatic hydroxyl groups is 1. The van der Waals surface area contributed by atoms with Crippen LogP contribution in [-0.4, -0.2) is 71.7 Å². The van der Waals surface area contributed by atoms with Crippen molar-refractivity contribution in [3.8, 4) is 0 Å². The summed E-state index contributed by atoms with van der Waals surface area (Å²) < 4.78 is 6.70. The standard InChI is InChI=1S/C31H32ClN3O5/c32-22-13-5-6-14-23(22)34-19-10-16-31-26(29(38)35(27(31)30(34)39)17-7-2-8-20-36)25-24(40-31)15-9-18-33(28(25)37)21-11-3-1-4-12-21/h1,3-6,9-16,24-27,36H,2,7-8,17-20H2/t24-,25+,26-,27?,31-/m0/s1. The highest BCUT2D eigenvalue weighted by molar-refractivity contribution is 6.34. The highest BCUT2D eigenvalue weighted by Gasteiger charge is 2.71. The third kappa shape index (κ3) is 4.26. The summed E-state index contributed by atoms with van der Waals surface area (Å²) in [5, 5.41) is 9.70.